The van der Waals surface area contributed by atoms with Gasteiger partial charge in [-0.2, -0.15) is 0 Å². The molecule has 0 fully saturated rings. The molecule has 0 radical (unpaired) electrons. The Morgan fingerprint density at radius 2 is 1.70 bits per heavy atom. The molecule has 0 aliphatic rings. The number of hydrogen-bond acceptors (Lipinski definition) is 5. The summed E-state index contributed by atoms with van der Waals surface area (Å²) in [6, 6.07) is 16.9. The van der Waals surface area contributed by atoms with Gasteiger partial charge in [0.15, 0.2) is 5.05 Å². The fourth-order valence-electron chi connectivity index (χ4n) is 2.82. The van der Waals surface area contributed by atoms with Crippen LogP contribution in [0.25, 0.3) is 0 Å². The first kappa shape index (κ1) is 24.1. The third kappa shape index (κ3) is 7.92. The van der Waals surface area contributed by atoms with Crippen LogP contribution in [0.15, 0.2) is 54.6 Å². The lowest BCUT2D eigenvalue weighted by Gasteiger charge is -2.27. The minimum atomic E-state index is -1.61. The first-order valence-electron chi connectivity index (χ1n) is 10.0. The van der Waals surface area contributed by atoms with Crippen molar-refractivity contribution < 1.29 is 14.6 Å². The predicted octanol–water partition coefficient (Wildman–Crippen LogP) is 4.44. The van der Waals surface area contributed by atoms with Crippen LogP contribution in [0.2, 0.25) is 19.6 Å². The van der Waals surface area contributed by atoms with Gasteiger partial charge in [-0.3, -0.25) is 5.32 Å². The van der Waals surface area contributed by atoms with Crippen LogP contribution < -0.4 is 14.8 Å². The van der Waals surface area contributed by atoms with E-state index in [1.807, 2.05) is 54.6 Å². The van der Waals surface area contributed by atoms with E-state index in [0.717, 1.165) is 11.3 Å². The summed E-state index contributed by atoms with van der Waals surface area (Å²) in [5.74, 6) is 4.36. The molecule has 0 unspecified atom stereocenters. The van der Waals surface area contributed by atoms with E-state index in [1.54, 1.807) is 14.0 Å². The zero-order valence-electron chi connectivity index (χ0n) is 18.3. The molecule has 0 aliphatic carbocycles. The maximum atomic E-state index is 10.5. The Morgan fingerprint density at radius 1 is 1.07 bits per heavy atom. The molecule has 2 aromatic rings. The molecule has 0 spiro atoms. The molecule has 6 heteroatoms. The molecule has 30 heavy (non-hydrogen) atoms. The van der Waals surface area contributed by atoms with Gasteiger partial charge < -0.3 is 14.6 Å². The second kappa shape index (κ2) is 11.3. The summed E-state index contributed by atoms with van der Waals surface area (Å²) in [4.78, 5) is 0. The summed E-state index contributed by atoms with van der Waals surface area (Å²) >= 11 is 5.59. The first-order chi connectivity index (χ1) is 14.2. The number of benzene rings is 2. The molecule has 4 nitrogen and oxygen atoms in total. The van der Waals surface area contributed by atoms with E-state index in [0.29, 0.717) is 17.3 Å². The van der Waals surface area contributed by atoms with Crippen LogP contribution in [0.4, 0.5) is 0 Å². The van der Waals surface area contributed by atoms with Crippen molar-refractivity contribution in [3.63, 3.8) is 0 Å². The molecule has 2 rings (SSSR count). The maximum absolute atomic E-state index is 10.5. The highest BCUT2D eigenvalue weighted by atomic mass is 32.1. The van der Waals surface area contributed by atoms with Gasteiger partial charge in [-0.05, 0) is 49.0 Å². The number of aliphatic hydroxyl groups is 1. The Morgan fingerprint density at radius 3 is 2.23 bits per heavy atom. The van der Waals surface area contributed by atoms with Gasteiger partial charge in [-0.25, -0.2) is 0 Å². The smallest absolute Gasteiger partial charge is 0.175 e. The number of hydrogen-bond donors (Lipinski definition) is 2. The largest absolute Gasteiger partial charge is 0.497 e. The first-order valence-corrected chi connectivity index (χ1v) is 13.9. The van der Waals surface area contributed by atoms with E-state index >= 15 is 0 Å². The number of para-hydroxylation sites is 1. The van der Waals surface area contributed by atoms with Crippen molar-refractivity contribution >= 4 is 25.3 Å². The van der Waals surface area contributed by atoms with Crippen LogP contribution >= 0.6 is 12.2 Å². The van der Waals surface area contributed by atoms with Crippen LogP contribution in [0.1, 0.15) is 12.5 Å². The minimum Gasteiger partial charge on any atom is -0.497 e. The molecule has 0 heterocycles. The lowest BCUT2D eigenvalue weighted by atomic mass is 9.95. The zero-order chi connectivity index (χ0) is 22.1. The van der Waals surface area contributed by atoms with Crippen molar-refractivity contribution in [3.8, 4) is 23.0 Å². The SMILES string of the molecule is COc1ccc(CN[C@H](C#C[Si](C)(C)C)[C@H](C(=S)Oc2ccccc2)[C@@H](C)O)cc1. The number of thiocarbonyl (C=S) groups is 1. The molecule has 2 aromatic carbocycles. The predicted molar refractivity (Wildman–Crippen MR) is 130 cm³/mol. The Bertz CT molecular complexity index is 867. The summed E-state index contributed by atoms with van der Waals surface area (Å²) in [5.41, 5.74) is 4.50. The third-order valence-electron chi connectivity index (χ3n) is 4.40. The molecular weight excluding hydrogens is 410 g/mol. The average Bonchev–Trinajstić information content (AvgIpc) is 2.70. The summed E-state index contributed by atoms with van der Waals surface area (Å²) in [5, 5.41) is 14.3. The second-order valence-electron chi connectivity index (χ2n) is 8.23. The van der Waals surface area contributed by atoms with Crippen LogP contribution in [0.5, 0.6) is 11.5 Å². The molecule has 0 amide bonds. The number of ether oxygens (including phenoxy) is 2. The van der Waals surface area contributed by atoms with E-state index in [9.17, 15) is 5.11 Å². The van der Waals surface area contributed by atoms with Gasteiger partial charge in [0.1, 0.15) is 19.6 Å². The van der Waals surface area contributed by atoms with Gasteiger partial charge in [-0.1, -0.05) is 55.9 Å². The number of nitrogens with one attached hydrogen (secondary N) is 1. The lowest BCUT2D eigenvalue weighted by molar-refractivity contribution is 0.139. The van der Waals surface area contributed by atoms with E-state index in [2.05, 4.69) is 36.4 Å². The van der Waals surface area contributed by atoms with Crippen LogP contribution in [-0.2, 0) is 6.54 Å². The molecule has 160 valence electrons. The van der Waals surface area contributed by atoms with E-state index in [4.69, 9.17) is 21.7 Å². The molecule has 0 bridgehead atoms. The fraction of sp³-hybridized carbons (Fsp3) is 0.375. The Labute approximate surface area is 186 Å². The van der Waals surface area contributed by atoms with E-state index < -0.39 is 20.1 Å². The highest BCUT2D eigenvalue weighted by molar-refractivity contribution is 7.80. The van der Waals surface area contributed by atoms with Gasteiger partial charge in [0.25, 0.3) is 0 Å². The van der Waals surface area contributed by atoms with Gasteiger partial charge in [0, 0.05) is 6.54 Å². The molecule has 2 N–H and O–H groups in total. The topological polar surface area (TPSA) is 50.7 Å². The fourth-order valence-corrected chi connectivity index (χ4v) is 3.84. The highest BCUT2D eigenvalue weighted by Crippen LogP contribution is 2.19. The Balaban J connectivity index is 2.23. The van der Waals surface area contributed by atoms with Crippen LogP contribution in [0.3, 0.4) is 0 Å². The number of rotatable bonds is 8. The standard InChI is InChI=1S/C24H31NO3SSi/c1-18(26)23(24(29)28-21-9-7-6-8-10-21)22(15-16-30(3,4)5)25-17-19-11-13-20(27-2)14-12-19/h6-14,18,22-23,25-26H,17H2,1-5H3/t18-,22-,23-/m1/s1. The molecule has 0 saturated heterocycles. The highest BCUT2D eigenvalue weighted by Gasteiger charge is 2.30. The summed E-state index contributed by atoms with van der Waals surface area (Å²) in [6.07, 6.45) is -0.717. The average molecular weight is 442 g/mol. The molecule has 0 aliphatic heterocycles. The number of methoxy groups -OCH3 is 1. The Hall–Kier alpha value is -2.17. The third-order valence-corrected chi connectivity index (χ3v) is 5.65. The molecule has 3 atom stereocenters. The monoisotopic (exact) mass is 441 g/mol. The molecule has 0 saturated carbocycles. The Kier molecular flexibility index (Phi) is 9.06. The maximum Gasteiger partial charge on any atom is 0.175 e. The van der Waals surface area contributed by atoms with E-state index in [-0.39, 0.29) is 6.04 Å². The van der Waals surface area contributed by atoms with Crippen molar-refractivity contribution in [2.24, 2.45) is 5.92 Å². The molecular formula is C24H31NO3SSi. The van der Waals surface area contributed by atoms with Gasteiger partial charge in [0.2, 0.25) is 0 Å². The minimum absolute atomic E-state index is 0.327. The quantitative estimate of drug-likeness (QED) is 0.360. The van der Waals surface area contributed by atoms with Crippen LogP contribution in [-0.4, -0.2) is 37.5 Å². The van der Waals surface area contributed by atoms with Crippen molar-refractivity contribution in [1.29, 1.82) is 0 Å². The molecule has 0 aromatic heterocycles. The van der Waals surface area contributed by atoms with Crippen molar-refractivity contribution in [2.75, 3.05) is 7.11 Å². The van der Waals surface area contributed by atoms with E-state index in [1.165, 1.54) is 0 Å². The zero-order valence-corrected chi connectivity index (χ0v) is 20.1. The summed E-state index contributed by atoms with van der Waals surface area (Å²) < 4.78 is 11.1. The van der Waals surface area contributed by atoms with Crippen molar-refractivity contribution in [3.05, 3.63) is 60.2 Å². The lowest BCUT2D eigenvalue weighted by Crippen LogP contribution is -2.45. The van der Waals surface area contributed by atoms with Crippen molar-refractivity contribution in [1.82, 2.24) is 5.32 Å². The summed E-state index contributed by atoms with van der Waals surface area (Å²) in [6.45, 7) is 8.89. The normalized spacial score (nSPS) is 14.1. The van der Waals surface area contributed by atoms with Crippen LogP contribution in [0, 0.1) is 17.4 Å². The van der Waals surface area contributed by atoms with Gasteiger partial charge in [-0.15, -0.1) is 5.54 Å². The van der Waals surface area contributed by atoms with Crippen molar-refractivity contribution in [2.45, 2.75) is 45.3 Å². The second-order valence-corrected chi connectivity index (χ2v) is 13.4. The van der Waals surface area contributed by atoms with Gasteiger partial charge >= 0.3 is 0 Å². The van der Waals surface area contributed by atoms with Gasteiger partial charge in [0.05, 0.1) is 25.2 Å². The number of aliphatic hydroxyl groups excluding tert-OH is 1. The summed E-state index contributed by atoms with van der Waals surface area (Å²) in [7, 11) is 0.0354.